The molecule has 2 rings (SSSR count). The van der Waals surface area contributed by atoms with Crippen molar-refractivity contribution in [3.05, 3.63) is 29.5 Å². The molecule has 2 aromatic rings. The Balaban J connectivity index is 2.69. The Morgan fingerprint density at radius 2 is 2.21 bits per heavy atom. The van der Waals surface area contributed by atoms with Gasteiger partial charge in [0.15, 0.2) is 0 Å². The number of H-pyrrole nitrogens is 1. The molecule has 0 saturated heterocycles. The Kier molecular flexibility index (Phi) is 2.17. The van der Waals surface area contributed by atoms with Gasteiger partial charge in [0.25, 0.3) is 0 Å². The second kappa shape index (κ2) is 3.35. The van der Waals surface area contributed by atoms with Crippen molar-refractivity contribution in [2.75, 3.05) is 6.54 Å². The molecule has 0 unspecified atom stereocenters. The van der Waals surface area contributed by atoms with E-state index in [1.807, 2.05) is 19.2 Å². The lowest BCUT2D eigenvalue weighted by molar-refractivity contribution is 0.472. The van der Waals surface area contributed by atoms with Crippen molar-refractivity contribution in [2.45, 2.75) is 13.3 Å². The van der Waals surface area contributed by atoms with Crippen molar-refractivity contribution in [3.8, 4) is 5.75 Å². The summed E-state index contributed by atoms with van der Waals surface area (Å²) in [7, 11) is 0. The van der Waals surface area contributed by atoms with Gasteiger partial charge in [0, 0.05) is 22.7 Å². The fourth-order valence-electron chi connectivity index (χ4n) is 1.82. The molecule has 14 heavy (non-hydrogen) atoms. The molecule has 0 aliphatic carbocycles. The first kappa shape index (κ1) is 9.09. The Morgan fingerprint density at radius 1 is 1.43 bits per heavy atom. The SMILES string of the molecule is Cc1c(O)ccc2[nH]cc(CCN)c12. The van der Waals surface area contributed by atoms with Crippen LogP contribution in [0, 0.1) is 6.92 Å². The molecule has 0 aliphatic heterocycles. The lowest BCUT2D eigenvalue weighted by atomic mass is 10.0. The van der Waals surface area contributed by atoms with Gasteiger partial charge in [-0.25, -0.2) is 0 Å². The third-order valence-electron chi connectivity index (χ3n) is 2.57. The van der Waals surface area contributed by atoms with Gasteiger partial charge < -0.3 is 15.8 Å². The number of aromatic nitrogens is 1. The summed E-state index contributed by atoms with van der Waals surface area (Å²) in [4.78, 5) is 3.17. The summed E-state index contributed by atoms with van der Waals surface area (Å²) < 4.78 is 0. The maximum atomic E-state index is 9.58. The second-order valence-electron chi connectivity index (χ2n) is 3.48. The van der Waals surface area contributed by atoms with E-state index in [0.29, 0.717) is 12.3 Å². The monoisotopic (exact) mass is 190 g/mol. The minimum Gasteiger partial charge on any atom is -0.508 e. The van der Waals surface area contributed by atoms with Crippen LogP contribution in [0.25, 0.3) is 10.9 Å². The summed E-state index contributed by atoms with van der Waals surface area (Å²) in [5.41, 5.74) is 8.68. The number of benzene rings is 1. The molecular formula is C11H14N2O. The molecule has 0 atom stereocenters. The molecule has 1 aromatic carbocycles. The van der Waals surface area contributed by atoms with E-state index in [1.54, 1.807) is 6.07 Å². The molecule has 0 aliphatic rings. The number of nitrogens with one attached hydrogen (secondary N) is 1. The third-order valence-corrected chi connectivity index (χ3v) is 2.57. The zero-order valence-corrected chi connectivity index (χ0v) is 8.17. The Bertz CT molecular complexity index is 460. The fraction of sp³-hybridized carbons (Fsp3) is 0.273. The van der Waals surface area contributed by atoms with Crippen LogP contribution in [-0.2, 0) is 6.42 Å². The summed E-state index contributed by atoms with van der Waals surface area (Å²) in [6, 6.07) is 3.60. The highest BCUT2D eigenvalue weighted by Gasteiger charge is 2.08. The number of hydrogen-bond donors (Lipinski definition) is 3. The largest absolute Gasteiger partial charge is 0.508 e. The highest BCUT2D eigenvalue weighted by Crippen LogP contribution is 2.28. The molecule has 74 valence electrons. The van der Waals surface area contributed by atoms with Crippen molar-refractivity contribution in [2.24, 2.45) is 5.73 Å². The second-order valence-corrected chi connectivity index (χ2v) is 3.48. The molecule has 1 aromatic heterocycles. The number of rotatable bonds is 2. The van der Waals surface area contributed by atoms with Crippen molar-refractivity contribution in [1.82, 2.24) is 4.98 Å². The van der Waals surface area contributed by atoms with Crippen molar-refractivity contribution >= 4 is 10.9 Å². The minimum absolute atomic E-state index is 0.343. The molecule has 3 heteroatoms. The molecule has 0 radical (unpaired) electrons. The number of phenols is 1. The molecule has 1 heterocycles. The highest BCUT2D eigenvalue weighted by atomic mass is 16.3. The van der Waals surface area contributed by atoms with Gasteiger partial charge in [0.05, 0.1) is 0 Å². The molecular weight excluding hydrogens is 176 g/mol. The first-order chi connectivity index (χ1) is 6.74. The number of aromatic amines is 1. The predicted octanol–water partition coefficient (Wildman–Crippen LogP) is 1.68. The Hall–Kier alpha value is -1.48. The number of aryl methyl sites for hydroxylation is 1. The van der Waals surface area contributed by atoms with Crippen LogP contribution in [0.3, 0.4) is 0 Å². The van der Waals surface area contributed by atoms with E-state index in [9.17, 15) is 5.11 Å². The van der Waals surface area contributed by atoms with Crippen LogP contribution in [0.15, 0.2) is 18.3 Å². The van der Waals surface area contributed by atoms with Crippen molar-refractivity contribution in [1.29, 1.82) is 0 Å². The lowest BCUT2D eigenvalue weighted by Crippen LogP contribution is -2.02. The lowest BCUT2D eigenvalue weighted by Gasteiger charge is -2.02. The van der Waals surface area contributed by atoms with Crippen molar-refractivity contribution < 1.29 is 5.11 Å². The maximum absolute atomic E-state index is 9.58. The van der Waals surface area contributed by atoms with Gasteiger partial charge in [-0.15, -0.1) is 0 Å². The predicted molar refractivity (Wildman–Crippen MR) is 57.5 cm³/mol. The van der Waals surface area contributed by atoms with E-state index in [2.05, 4.69) is 4.98 Å². The van der Waals surface area contributed by atoms with E-state index in [4.69, 9.17) is 5.73 Å². The van der Waals surface area contributed by atoms with Crippen LogP contribution in [0.2, 0.25) is 0 Å². The van der Waals surface area contributed by atoms with Gasteiger partial charge in [-0.2, -0.15) is 0 Å². The van der Waals surface area contributed by atoms with Crippen LogP contribution in [0.1, 0.15) is 11.1 Å². The van der Waals surface area contributed by atoms with E-state index in [1.165, 1.54) is 5.56 Å². The highest BCUT2D eigenvalue weighted by molar-refractivity contribution is 5.88. The number of fused-ring (bicyclic) bond motifs is 1. The van der Waals surface area contributed by atoms with Crippen molar-refractivity contribution in [3.63, 3.8) is 0 Å². The first-order valence-corrected chi connectivity index (χ1v) is 4.72. The fourth-order valence-corrected chi connectivity index (χ4v) is 1.82. The van der Waals surface area contributed by atoms with E-state index >= 15 is 0 Å². The van der Waals surface area contributed by atoms with Gasteiger partial charge in [-0.3, -0.25) is 0 Å². The number of hydrogen-bond acceptors (Lipinski definition) is 2. The number of phenolic OH excluding ortho intramolecular Hbond substituents is 1. The molecule has 0 bridgehead atoms. The molecule has 0 fully saturated rings. The first-order valence-electron chi connectivity index (χ1n) is 4.72. The molecule has 0 saturated carbocycles. The van der Waals surface area contributed by atoms with E-state index < -0.39 is 0 Å². The van der Waals surface area contributed by atoms with E-state index in [0.717, 1.165) is 22.9 Å². The average molecular weight is 190 g/mol. The number of nitrogens with two attached hydrogens (primary N) is 1. The summed E-state index contributed by atoms with van der Waals surface area (Å²) in [6.07, 6.45) is 2.80. The zero-order valence-electron chi connectivity index (χ0n) is 8.17. The zero-order chi connectivity index (χ0) is 10.1. The summed E-state index contributed by atoms with van der Waals surface area (Å²) in [5.74, 6) is 0.343. The molecule has 0 amide bonds. The van der Waals surface area contributed by atoms with Crippen LogP contribution in [0.4, 0.5) is 0 Å². The van der Waals surface area contributed by atoms with Gasteiger partial charge in [-0.1, -0.05) is 0 Å². The third kappa shape index (κ3) is 1.26. The molecule has 4 N–H and O–H groups in total. The smallest absolute Gasteiger partial charge is 0.119 e. The Labute approximate surface area is 82.6 Å². The van der Waals surface area contributed by atoms with Gasteiger partial charge in [0.2, 0.25) is 0 Å². The summed E-state index contributed by atoms with van der Waals surface area (Å²) in [5, 5.41) is 10.7. The van der Waals surface area contributed by atoms with Gasteiger partial charge >= 0.3 is 0 Å². The van der Waals surface area contributed by atoms with Gasteiger partial charge in [0.1, 0.15) is 5.75 Å². The summed E-state index contributed by atoms with van der Waals surface area (Å²) >= 11 is 0. The average Bonchev–Trinajstić information content (AvgIpc) is 2.57. The molecule has 0 spiro atoms. The normalized spacial score (nSPS) is 11.0. The number of aromatic hydroxyl groups is 1. The van der Waals surface area contributed by atoms with Crippen LogP contribution >= 0.6 is 0 Å². The topological polar surface area (TPSA) is 62.0 Å². The quantitative estimate of drug-likeness (QED) is 0.674. The Morgan fingerprint density at radius 3 is 2.93 bits per heavy atom. The van der Waals surface area contributed by atoms with Crippen LogP contribution in [-0.4, -0.2) is 16.6 Å². The maximum Gasteiger partial charge on any atom is 0.119 e. The minimum atomic E-state index is 0.343. The van der Waals surface area contributed by atoms with E-state index in [-0.39, 0.29) is 0 Å². The van der Waals surface area contributed by atoms with Gasteiger partial charge in [-0.05, 0) is 37.6 Å². The molecule has 3 nitrogen and oxygen atoms in total. The van der Waals surface area contributed by atoms with Crippen LogP contribution < -0.4 is 5.73 Å². The van der Waals surface area contributed by atoms with Crippen LogP contribution in [0.5, 0.6) is 5.75 Å². The summed E-state index contributed by atoms with van der Waals surface area (Å²) in [6.45, 7) is 2.55. The standard InChI is InChI=1S/C11H14N2O/c1-7-10(14)3-2-9-11(7)8(4-5-12)6-13-9/h2-3,6,13-14H,4-5,12H2,1H3.